The van der Waals surface area contributed by atoms with Gasteiger partial charge in [-0.05, 0) is 24.1 Å². The maximum absolute atomic E-state index is 5.76. The van der Waals surface area contributed by atoms with E-state index in [2.05, 4.69) is 17.0 Å². The van der Waals surface area contributed by atoms with Gasteiger partial charge in [-0.2, -0.15) is 0 Å². The molecule has 0 radical (unpaired) electrons. The highest BCUT2D eigenvalue weighted by molar-refractivity contribution is 5.64. The molecule has 0 saturated heterocycles. The molecule has 76 valence electrons. The zero-order valence-electron chi connectivity index (χ0n) is 8.49. The molecule has 1 aliphatic heterocycles. The second-order valence-electron chi connectivity index (χ2n) is 3.62. The number of nitrogens with zero attached hydrogens (tertiary/aromatic N) is 1. The van der Waals surface area contributed by atoms with E-state index in [0.29, 0.717) is 0 Å². The Hall–Kier alpha value is -1.22. The fraction of sp³-hybridized carbons (Fsp3) is 0.455. The van der Waals surface area contributed by atoms with Crippen LogP contribution in [0.3, 0.4) is 0 Å². The van der Waals surface area contributed by atoms with Gasteiger partial charge >= 0.3 is 0 Å². The molecule has 0 spiro atoms. The van der Waals surface area contributed by atoms with Crippen molar-refractivity contribution in [2.45, 2.75) is 6.42 Å². The van der Waals surface area contributed by atoms with Crippen LogP contribution in [0.1, 0.15) is 5.56 Å². The fourth-order valence-electron chi connectivity index (χ4n) is 1.90. The van der Waals surface area contributed by atoms with E-state index in [1.807, 2.05) is 6.07 Å². The van der Waals surface area contributed by atoms with Crippen molar-refractivity contribution in [1.82, 2.24) is 0 Å². The van der Waals surface area contributed by atoms with E-state index in [-0.39, 0.29) is 0 Å². The molecule has 1 aromatic rings. The molecule has 1 aromatic carbocycles. The van der Waals surface area contributed by atoms with Crippen LogP contribution < -0.4 is 10.6 Å². The molecular formula is C11H16N2O. The summed E-state index contributed by atoms with van der Waals surface area (Å²) in [5, 5.41) is 0. The lowest BCUT2D eigenvalue weighted by Crippen LogP contribution is -2.24. The van der Waals surface area contributed by atoms with E-state index < -0.39 is 0 Å². The van der Waals surface area contributed by atoms with Gasteiger partial charge in [-0.25, -0.2) is 0 Å². The monoisotopic (exact) mass is 192 g/mol. The summed E-state index contributed by atoms with van der Waals surface area (Å²) in [5.74, 6) is 0. The van der Waals surface area contributed by atoms with Crippen LogP contribution in [-0.4, -0.2) is 26.8 Å². The summed E-state index contributed by atoms with van der Waals surface area (Å²) in [6.07, 6.45) is 1.12. The van der Waals surface area contributed by atoms with E-state index in [9.17, 15) is 0 Å². The van der Waals surface area contributed by atoms with Crippen LogP contribution >= 0.6 is 0 Å². The van der Waals surface area contributed by atoms with Gasteiger partial charge in [0.1, 0.15) is 0 Å². The van der Waals surface area contributed by atoms with Gasteiger partial charge in [-0.1, -0.05) is 6.07 Å². The van der Waals surface area contributed by atoms with Gasteiger partial charge < -0.3 is 15.4 Å². The SMILES string of the molecule is COCCN1CCc2ccc(N)cc21. The van der Waals surface area contributed by atoms with Gasteiger partial charge in [0, 0.05) is 31.6 Å². The van der Waals surface area contributed by atoms with Gasteiger partial charge in [0.25, 0.3) is 0 Å². The number of ether oxygens (including phenoxy) is 1. The van der Waals surface area contributed by atoms with Crippen LogP contribution in [0.5, 0.6) is 0 Å². The van der Waals surface area contributed by atoms with E-state index >= 15 is 0 Å². The Bertz CT molecular complexity index is 325. The average Bonchev–Trinajstić information content (AvgIpc) is 2.57. The number of nitrogen functional groups attached to an aromatic ring is 1. The Morgan fingerprint density at radius 3 is 3.14 bits per heavy atom. The molecule has 2 rings (SSSR count). The highest BCUT2D eigenvalue weighted by Crippen LogP contribution is 2.29. The van der Waals surface area contributed by atoms with Crippen molar-refractivity contribution < 1.29 is 4.74 Å². The van der Waals surface area contributed by atoms with Gasteiger partial charge in [-0.15, -0.1) is 0 Å². The lowest BCUT2D eigenvalue weighted by atomic mass is 10.1. The molecule has 3 heteroatoms. The van der Waals surface area contributed by atoms with Crippen LogP contribution in [0.2, 0.25) is 0 Å². The Kier molecular flexibility index (Phi) is 2.59. The maximum atomic E-state index is 5.76. The van der Waals surface area contributed by atoms with Crippen LogP contribution in [0, 0.1) is 0 Å². The lowest BCUT2D eigenvalue weighted by Gasteiger charge is -2.18. The molecule has 3 nitrogen and oxygen atoms in total. The zero-order valence-corrected chi connectivity index (χ0v) is 8.49. The molecule has 0 atom stereocenters. The third kappa shape index (κ3) is 1.68. The summed E-state index contributed by atoms with van der Waals surface area (Å²) in [5.41, 5.74) is 9.28. The number of hydrogen-bond donors (Lipinski definition) is 1. The Morgan fingerprint density at radius 1 is 1.50 bits per heavy atom. The summed E-state index contributed by atoms with van der Waals surface area (Å²) in [7, 11) is 1.73. The fourth-order valence-corrected chi connectivity index (χ4v) is 1.90. The number of fused-ring (bicyclic) bond motifs is 1. The molecule has 0 saturated carbocycles. The quantitative estimate of drug-likeness (QED) is 0.733. The third-order valence-electron chi connectivity index (χ3n) is 2.67. The highest BCUT2D eigenvalue weighted by atomic mass is 16.5. The van der Waals surface area contributed by atoms with E-state index in [1.54, 1.807) is 7.11 Å². The number of nitrogens with two attached hydrogens (primary N) is 1. The number of hydrogen-bond acceptors (Lipinski definition) is 3. The van der Waals surface area contributed by atoms with E-state index in [0.717, 1.165) is 31.8 Å². The zero-order chi connectivity index (χ0) is 9.97. The smallest absolute Gasteiger partial charge is 0.0637 e. The minimum Gasteiger partial charge on any atom is -0.399 e. The number of benzene rings is 1. The van der Waals surface area contributed by atoms with E-state index in [1.165, 1.54) is 11.3 Å². The number of rotatable bonds is 3. The van der Waals surface area contributed by atoms with Crippen LogP contribution in [0.25, 0.3) is 0 Å². The summed E-state index contributed by atoms with van der Waals surface area (Å²) >= 11 is 0. The second kappa shape index (κ2) is 3.88. The summed E-state index contributed by atoms with van der Waals surface area (Å²) in [4.78, 5) is 2.33. The van der Waals surface area contributed by atoms with Gasteiger partial charge in [0.05, 0.1) is 6.61 Å². The average molecular weight is 192 g/mol. The predicted octanol–water partition coefficient (Wildman–Crippen LogP) is 1.28. The topological polar surface area (TPSA) is 38.5 Å². The molecule has 0 aromatic heterocycles. The number of methoxy groups -OCH3 is 1. The van der Waals surface area contributed by atoms with Crippen LogP contribution in [0.4, 0.5) is 11.4 Å². The van der Waals surface area contributed by atoms with Gasteiger partial charge in [0.2, 0.25) is 0 Å². The highest BCUT2D eigenvalue weighted by Gasteiger charge is 2.18. The first-order valence-corrected chi connectivity index (χ1v) is 4.93. The Morgan fingerprint density at radius 2 is 2.36 bits per heavy atom. The molecule has 1 aliphatic rings. The molecule has 2 N–H and O–H groups in total. The maximum Gasteiger partial charge on any atom is 0.0637 e. The molecular weight excluding hydrogens is 176 g/mol. The minimum absolute atomic E-state index is 0.772. The second-order valence-corrected chi connectivity index (χ2v) is 3.62. The van der Waals surface area contributed by atoms with Crippen LogP contribution in [0.15, 0.2) is 18.2 Å². The van der Waals surface area contributed by atoms with Crippen molar-refractivity contribution in [2.24, 2.45) is 0 Å². The van der Waals surface area contributed by atoms with Crippen molar-refractivity contribution in [1.29, 1.82) is 0 Å². The summed E-state index contributed by atoms with van der Waals surface area (Å²) < 4.78 is 5.08. The molecule has 0 bridgehead atoms. The van der Waals surface area contributed by atoms with Crippen LogP contribution in [-0.2, 0) is 11.2 Å². The third-order valence-corrected chi connectivity index (χ3v) is 2.67. The Balaban J connectivity index is 2.16. The summed E-state index contributed by atoms with van der Waals surface area (Å²) in [6.45, 7) is 2.81. The van der Waals surface area contributed by atoms with Crippen molar-refractivity contribution in [2.75, 3.05) is 37.4 Å². The molecule has 0 fully saturated rings. The lowest BCUT2D eigenvalue weighted by molar-refractivity contribution is 0.205. The van der Waals surface area contributed by atoms with Crippen molar-refractivity contribution in [3.63, 3.8) is 0 Å². The van der Waals surface area contributed by atoms with Crippen molar-refractivity contribution >= 4 is 11.4 Å². The molecule has 1 heterocycles. The molecule has 0 aliphatic carbocycles. The molecule has 0 unspecified atom stereocenters. The minimum atomic E-state index is 0.772. The normalized spacial score (nSPS) is 14.5. The van der Waals surface area contributed by atoms with Gasteiger partial charge in [-0.3, -0.25) is 0 Å². The van der Waals surface area contributed by atoms with Crippen molar-refractivity contribution in [3.05, 3.63) is 23.8 Å². The molecule has 0 amide bonds. The Labute approximate surface area is 84.5 Å². The first-order valence-electron chi connectivity index (χ1n) is 4.93. The van der Waals surface area contributed by atoms with Crippen molar-refractivity contribution in [3.8, 4) is 0 Å². The largest absolute Gasteiger partial charge is 0.399 e. The first-order chi connectivity index (χ1) is 6.81. The summed E-state index contributed by atoms with van der Waals surface area (Å²) in [6, 6.07) is 6.15. The van der Waals surface area contributed by atoms with E-state index in [4.69, 9.17) is 10.5 Å². The predicted molar refractivity (Wildman–Crippen MR) is 58.6 cm³/mol. The molecule has 14 heavy (non-hydrogen) atoms. The first kappa shape index (κ1) is 9.34. The van der Waals surface area contributed by atoms with Gasteiger partial charge in [0.15, 0.2) is 0 Å². The number of anilines is 2. The standard InChI is InChI=1S/C11H16N2O/c1-14-7-6-13-5-4-9-2-3-10(12)8-11(9)13/h2-3,8H,4-7,12H2,1H3.